The number of rotatable bonds is 3. The Morgan fingerprint density at radius 3 is 2.88 bits per heavy atom. The molecule has 1 atom stereocenters. The first-order chi connectivity index (χ1) is 10.9. The highest BCUT2D eigenvalue weighted by Gasteiger charge is 2.34. The zero-order valence-electron chi connectivity index (χ0n) is 13.4. The van der Waals surface area contributed by atoms with E-state index in [1.165, 1.54) is 10.9 Å². The van der Waals surface area contributed by atoms with E-state index in [1.54, 1.807) is 17.0 Å². The topological polar surface area (TPSA) is 81.2 Å². The first-order valence-electron chi connectivity index (χ1n) is 7.54. The largest absolute Gasteiger partial charge is 0.341 e. The van der Waals surface area contributed by atoms with Gasteiger partial charge in [-0.15, -0.1) is 12.4 Å². The number of carbonyl (C=O) groups is 1. The molecule has 1 fully saturated rings. The summed E-state index contributed by atoms with van der Waals surface area (Å²) in [5.41, 5.74) is 6.18. The minimum Gasteiger partial charge on any atom is -0.341 e. The smallest absolute Gasteiger partial charge is 0.261 e. The molecule has 0 radical (unpaired) electrons. The van der Waals surface area contributed by atoms with Gasteiger partial charge in [0.05, 0.1) is 17.2 Å². The minimum absolute atomic E-state index is 0. The van der Waals surface area contributed by atoms with Crippen molar-refractivity contribution in [3.63, 3.8) is 0 Å². The van der Waals surface area contributed by atoms with Crippen molar-refractivity contribution in [2.45, 2.75) is 19.9 Å². The second-order valence-electron chi connectivity index (χ2n) is 6.42. The van der Waals surface area contributed by atoms with E-state index in [4.69, 9.17) is 5.73 Å². The van der Waals surface area contributed by atoms with Crippen molar-refractivity contribution < 1.29 is 4.79 Å². The molecule has 2 heterocycles. The molecule has 1 aromatic heterocycles. The fourth-order valence-corrected chi connectivity index (χ4v) is 3.25. The predicted octanol–water partition coefficient (Wildman–Crippen LogP) is 1.78. The summed E-state index contributed by atoms with van der Waals surface area (Å²) < 4.78 is 2.18. The van der Waals surface area contributed by atoms with E-state index in [-0.39, 0.29) is 35.8 Å². The third kappa shape index (κ3) is 3.63. The molecule has 1 aromatic carbocycles. The van der Waals surface area contributed by atoms with Crippen molar-refractivity contribution in [3.05, 3.63) is 39.4 Å². The van der Waals surface area contributed by atoms with Gasteiger partial charge in [0.2, 0.25) is 5.91 Å². The van der Waals surface area contributed by atoms with Crippen molar-refractivity contribution in [1.82, 2.24) is 14.5 Å². The molecular weight excluding hydrogens is 396 g/mol. The van der Waals surface area contributed by atoms with Crippen molar-refractivity contribution in [3.8, 4) is 0 Å². The van der Waals surface area contributed by atoms with Gasteiger partial charge in [-0.2, -0.15) is 0 Å². The summed E-state index contributed by atoms with van der Waals surface area (Å²) in [6, 6.07) is 5.34. The monoisotopic (exact) mass is 414 g/mol. The van der Waals surface area contributed by atoms with Crippen LogP contribution < -0.4 is 11.3 Å². The standard InChI is InChI=1S/C16H19BrN4O2.ClH/c1-16(8-18)4-5-20(9-16)14(22)7-21-10-19-13-3-2-11(17)6-12(13)15(21)23;/h2-3,6,10H,4-5,7-9,18H2,1H3;1H. The highest BCUT2D eigenvalue weighted by atomic mass is 79.9. The molecule has 8 heteroatoms. The Labute approximate surface area is 154 Å². The number of nitrogens with zero attached hydrogens (tertiary/aromatic N) is 3. The highest BCUT2D eigenvalue weighted by Crippen LogP contribution is 2.28. The maximum Gasteiger partial charge on any atom is 0.261 e. The summed E-state index contributed by atoms with van der Waals surface area (Å²) in [5, 5.41) is 0.503. The Balaban J connectivity index is 0.00000208. The molecule has 1 unspecified atom stereocenters. The normalized spacial score (nSPS) is 20.2. The van der Waals surface area contributed by atoms with E-state index in [2.05, 4.69) is 27.8 Å². The van der Waals surface area contributed by atoms with Crippen LogP contribution in [0.5, 0.6) is 0 Å². The molecule has 2 N–H and O–H groups in total. The first-order valence-corrected chi connectivity index (χ1v) is 8.34. The van der Waals surface area contributed by atoms with Crippen LogP contribution in [0.1, 0.15) is 13.3 Å². The summed E-state index contributed by atoms with van der Waals surface area (Å²) in [7, 11) is 0. The SMILES string of the molecule is CC1(CN)CCN(C(=O)Cn2cnc3ccc(Br)cc3c2=O)C1.Cl. The molecule has 0 aliphatic carbocycles. The van der Waals surface area contributed by atoms with Gasteiger partial charge in [0, 0.05) is 17.6 Å². The van der Waals surface area contributed by atoms with Crippen LogP contribution in [0.4, 0.5) is 0 Å². The van der Waals surface area contributed by atoms with E-state index < -0.39 is 0 Å². The second-order valence-corrected chi connectivity index (χ2v) is 7.33. The van der Waals surface area contributed by atoms with Gasteiger partial charge in [-0.3, -0.25) is 14.2 Å². The van der Waals surface area contributed by atoms with Crippen molar-refractivity contribution in [2.75, 3.05) is 19.6 Å². The van der Waals surface area contributed by atoms with E-state index >= 15 is 0 Å². The van der Waals surface area contributed by atoms with Gasteiger partial charge in [-0.05, 0) is 36.6 Å². The number of carbonyl (C=O) groups excluding carboxylic acids is 1. The summed E-state index contributed by atoms with van der Waals surface area (Å²) >= 11 is 3.35. The van der Waals surface area contributed by atoms with Crippen LogP contribution in [-0.4, -0.2) is 40.0 Å². The molecule has 1 aliphatic rings. The third-order valence-electron chi connectivity index (χ3n) is 4.50. The van der Waals surface area contributed by atoms with Crippen LogP contribution in [0.15, 0.2) is 33.8 Å². The minimum atomic E-state index is -0.203. The lowest BCUT2D eigenvalue weighted by atomic mass is 9.90. The Hall–Kier alpha value is -1.44. The van der Waals surface area contributed by atoms with E-state index in [0.717, 1.165) is 10.9 Å². The van der Waals surface area contributed by atoms with Crippen LogP contribution in [0.3, 0.4) is 0 Å². The van der Waals surface area contributed by atoms with Crippen LogP contribution in [0.2, 0.25) is 0 Å². The molecule has 6 nitrogen and oxygen atoms in total. The predicted molar refractivity (Wildman–Crippen MR) is 99.3 cm³/mol. The number of aromatic nitrogens is 2. The second kappa shape index (κ2) is 7.21. The Morgan fingerprint density at radius 1 is 1.46 bits per heavy atom. The highest BCUT2D eigenvalue weighted by molar-refractivity contribution is 9.10. The van der Waals surface area contributed by atoms with Gasteiger partial charge >= 0.3 is 0 Å². The van der Waals surface area contributed by atoms with Crippen LogP contribution in [-0.2, 0) is 11.3 Å². The molecule has 0 saturated carbocycles. The van der Waals surface area contributed by atoms with Gasteiger partial charge in [0.15, 0.2) is 0 Å². The third-order valence-corrected chi connectivity index (χ3v) is 4.99. The number of amides is 1. The number of hydrogen-bond donors (Lipinski definition) is 1. The molecular formula is C16H20BrClN4O2. The number of nitrogens with two attached hydrogens (primary N) is 1. The maximum absolute atomic E-state index is 12.5. The average molecular weight is 416 g/mol. The molecule has 24 heavy (non-hydrogen) atoms. The number of halogens is 2. The number of likely N-dealkylation sites (tertiary alicyclic amines) is 1. The molecule has 1 amide bonds. The van der Waals surface area contributed by atoms with Crippen molar-refractivity contribution in [2.24, 2.45) is 11.1 Å². The molecule has 0 bridgehead atoms. The molecule has 3 rings (SSSR count). The van der Waals surface area contributed by atoms with Gasteiger partial charge < -0.3 is 10.6 Å². The number of hydrogen-bond acceptors (Lipinski definition) is 4. The summed E-state index contributed by atoms with van der Waals surface area (Å²) in [6.45, 7) is 3.98. The Morgan fingerprint density at radius 2 is 2.21 bits per heavy atom. The van der Waals surface area contributed by atoms with Crippen LogP contribution in [0.25, 0.3) is 10.9 Å². The zero-order valence-corrected chi connectivity index (χ0v) is 15.8. The van der Waals surface area contributed by atoms with E-state index in [1.807, 2.05) is 6.07 Å². The zero-order chi connectivity index (χ0) is 16.6. The lowest BCUT2D eigenvalue weighted by Gasteiger charge is -2.22. The van der Waals surface area contributed by atoms with Crippen LogP contribution in [0, 0.1) is 5.41 Å². The quantitative estimate of drug-likeness (QED) is 0.828. The van der Waals surface area contributed by atoms with Crippen molar-refractivity contribution >= 4 is 45.1 Å². The fourth-order valence-electron chi connectivity index (χ4n) is 2.89. The van der Waals surface area contributed by atoms with Gasteiger partial charge in [0.25, 0.3) is 5.56 Å². The van der Waals surface area contributed by atoms with Crippen molar-refractivity contribution in [1.29, 1.82) is 0 Å². The van der Waals surface area contributed by atoms with Gasteiger partial charge in [0.1, 0.15) is 6.54 Å². The summed E-state index contributed by atoms with van der Waals surface area (Å²) in [4.78, 5) is 31.0. The number of benzene rings is 1. The summed E-state index contributed by atoms with van der Waals surface area (Å²) in [5.74, 6) is -0.0691. The molecule has 2 aromatic rings. The number of fused-ring (bicyclic) bond motifs is 1. The lowest BCUT2D eigenvalue weighted by Crippen LogP contribution is -2.38. The van der Waals surface area contributed by atoms with E-state index in [9.17, 15) is 9.59 Å². The molecule has 0 spiro atoms. The summed E-state index contributed by atoms with van der Waals surface area (Å²) in [6.07, 6.45) is 2.34. The Bertz CT molecular complexity index is 825. The fraction of sp³-hybridized carbons (Fsp3) is 0.438. The lowest BCUT2D eigenvalue weighted by molar-refractivity contribution is -0.131. The van der Waals surface area contributed by atoms with E-state index in [0.29, 0.717) is 30.5 Å². The molecule has 1 saturated heterocycles. The molecule has 1 aliphatic heterocycles. The van der Waals surface area contributed by atoms with Gasteiger partial charge in [-0.1, -0.05) is 22.9 Å². The maximum atomic E-state index is 12.5. The Kier molecular flexibility index (Phi) is 5.67. The first kappa shape index (κ1) is 18.9. The van der Waals surface area contributed by atoms with Crippen LogP contribution >= 0.6 is 28.3 Å². The molecule has 130 valence electrons. The average Bonchev–Trinajstić information content (AvgIpc) is 2.94. The van der Waals surface area contributed by atoms with Gasteiger partial charge in [-0.25, -0.2) is 4.98 Å².